The van der Waals surface area contributed by atoms with Crippen LogP contribution in [0.5, 0.6) is 5.75 Å². The Kier molecular flexibility index (Phi) is 5.65. The van der Waals surface area contributed by atoms with Crippen LogP contribution in [0.4, 0.5) is 0 Å². The second-order valence-electron chi connectivity index (χ2n) is 4.67. The fourth-order valence-electron chi connectivity index (χ4n) is 1.49. The third kappa shape index (κ3) is 5.19. The monoisotopic (exact) mass is 250 g/mol. The maximum Gasteiger partial charge on any atom is 0.260 e. The molecule has 0 bridgehead atoms. The van der Waals surface area contributed by atoms with Crippen LogP contribution in [-0.4, -0.2) is 44.1 Å². The van der Waals surface area contributed by atoms with Gasteiger partial charge >= 0.3 is 0 Å². The fraction of sp³-hybridized carbons (Fsp3) is 0.500. The molecule has 0 spiro atoms. The van der Waals surface area contributed by atoms with Gasteiger partial charge in [0.15, 0.2) is 6.10 Å². The molecular weight excluding hydrogens is 228 g/mol. The maximum absolute atomic E-state index is 11.8. The maximum atomic E-state index is 11.8. The first-order valence-electron chi connectivity index (χ1n) is 6.15. The van der Waals surface area contributed by atoms with E-state index in [1.165, 1.54) is 0 Å². The molecule has 1 atom stereocenters. The van der Waals surface area contributed by atoms with E-state index in [0.29, 0.717) is 6.54 Å². The lowest BCUT2D eigenvalue weighted by atomic mass is 10.2. The van der Waals surface area contributed by atoms with E-state index < -0.39 is 6.10 Å². The number of nitrogens with zero attached hydrogens (tertiary/aromatic N) is 1. The van der Waals surface area contributed by atoms with Crippen molar-refractivity contribution in [3.8, 4) is 5.75 Å². The summed E-state index contributed by atoms with van der Waals surface area (Å²) in [5, 5.41) is 2.84. The van der Waals surface area contributed by atoms with E-state index in [-0.39, 0.29) is 5.91 Å². The summed E-state index contributed by atoms with van der Waals surface area (Å²) in [6.45, 7) is 5.21. The number of benzene rings is 1. The van der Waals surface area contributed by atoms with Gasteiger partial charge in [-0.25, -0.2) is 0 Å². The number of hydrogen-bond donors (Lipinski definition) is 1. The number of carbonyl (C=O) groups is 1. The molecule has 0 heterocycles. The first kappa shape index (κ1) is 14.5. The molecule has 18 heavy (non-hydrogen) atoms. The van der Waals surface area contributed by atoms with Crippen molar-refractivity contribution in [2.75, 3.05) is 27.2 Å². The van der Waals surface area contributed by atoms with Gasteiger partial charge in [-0.2, -0.15) is 0 Å². The van der Waals surface area contributed by atoms with Crippen LogP contribution in [-0.2, 0) is 4.79 Å². The van der Waals surface area contributed by atoms with Crippen LogP contribution in [0.3, 0.4) is 0 Å². The highest BCUT2D eigenvalue weighted by Crippen LogP contribution is 2.14. The summed E-state index contributed by atoms with van der Waals surface area (Å²) >= 11 is 0. The van der Waals surface area contributed by atoms with E-state index in [2.05, 4.69) is 5.32 Å². The number of nitrogens with one attached hydrogen (secondary N) is 1. The SMILES string of the molecule is Cc1cccc(O[C@H](C)C(=O)NCCN(C)C)c1. The predicted octanol–water partition coefficient (Wildman–Crippen LogP) is 1.44. The molecule has 1 aromatic rings. The number of amides is 1. The highest BCUT2D eigenvalue weighted by Gasteiger charge is 2.13. The number of hydrogen-bond acceptors (Lipinski definition) is 3. The third-order valence-electron chi connectivity index (χ3n) is 2.53. The minimum Gasteiger partial charge on any atom is -0.481 e. The van der Waals surface area contributed by atoms with Gasteiger partial charge in [-0.3, -0.25) is 4.79 Å². The summed E-state index contributed by atoms with van der Waals surface area (Å²) in [4.78, 5) is 13.8. The number of likely N-dealkylation sites (N-methyl/N-ethyl adjacent to an activating group) is 1. The molecular formula is C14H22N2O2. The van der Waals surface area contributed by atoms with E-state index in [1.807, 2.05) is 50.2 Å². The van der Waals surface area contributed by atoms with Crippen LogP contribution >= 0.6 is 0 Å². The largest absolute Gasteiger partial charge is 0.481 e. The Morgan fingerprint density at radius 3 is 2.78 bits per heavy atom. The van der Waals surface area contributed by atoms with E-state index in [4.69, 9.17) is 4.74 Å². The van der Waals surface area contributed by atoms with Gasteiger partial charge in [0.1, 0.15) is 5.75 Å². The zero-order valence-corrected chi connectivity index (χ0v) is 11.6. The van der Waals surface area contributed by atoms with Crippen molar-refractivity contribution in [1.29, 1.82) is 0 Å². The van der Waals surface area contributed by atoms with Crippen molar-refractivity contribution >= 4 is 5.91 Å². The number of ether oxygens (including phenoxy) is 1. The molecule has 1 rings (SSSR count). The smallest absolute Gasteiger partial charge is 0.260 e. The lowest BCUT2D eigenvalue weighted by Gasteiger charge is -2.16. The molecule has 0 aliphatic carbocycles. The van der Waals surface area contributed by atoms with Crippen molar-refractivity contribution in [2.45, 2.75) is 20.0 Å². The Morgan fingerprint density at radius 2 is 2.17 bits per heavy atom. The molecule has 1 aromatic carbocycles. The van der Waals surface area contributed by atoms with Crippen LogP contribution in [0.1, 0.15) is 12.5 Å². The molecule has 4 nitrogen and oxygen atoms in total. The van der Waals surface area contributed by atoms with E-state index in [9.17, 15) is 4.79 Å². The van der Waals surface area contributed by atoms with Gasteiger partial charge in [-0.1, -0.05) is 12.1 Å². The first-order chi connectivity index (χ1) is 8.49. The lowest BCUT2D eigenvalue weighted by molar-refractivity contribution is -0.127. The average Bonchev–Trinajstić information content (AvgIpc) is 2.28. The topological polar surface area (TPSA) is 41.6 Å². The Labute approximate surface area is 109 Å². The quantitative estimate of drug-likeness (QED) is 0.830. The van der Waals surface area contributed by atoms with Crippen LogP contribution in [0.25, 0.3) is 0 Å². The highest BCUT2D eigenvalue weighted by atomic mass is 16.5. The van der Waals surface area contributed by atoms with Crippen LogP contribution in [0.2, 0.25) is 0 Å². The second kappa shape index (κ2) is 7.01. The van der Waals surface area contributed by atoms with Crippen LogP contribution < -0.4 is 10.1 Å². The lowest BCUT2D eigenvalue weighted by Crippen LogP contribution is -2.39. The van der Waals surface area contributed by atoms with Crippen molar-refractivity contribution < 1.29 is 9.53 Å². The minimum absolute atomic E-state index is 0.0849. The molecule has 4 heteroatoms. The summed E-state index contributed by atoms with van der Waals surface area (Å²) in [6, 6.07) is 7.69. The molecule has 0 fully saturated rings. The molecule has 1 amide bonds. The Hall–Kier alpha value is -1.55. The van der Waals surface area contributed by atoms with Crippen LogP contribution in [0.15, 0.2) is 24.3 Å². The molecule has 0 radical (unpaired) electrons. The molecule has 0 aliphatic rings. The number of carbonyl (C=O) groups excluding carboxylic acids is 1. The molecule has 0 aliphatic heterocycles. The Balaban J connectivity index is 2.40. The van der Waals surface area contributed by atoms with E-state index in [0.717, 1.165) is 17.9 Å². The molecule has 0 saturated carbocycles. The Bertz CT molecular complexity index is 391. The van der Waals surface area contributed by atoms with Gasteiger partial charge in [-0.05, 0) is 45.6 Å². The van der Waals surface area contributed by atoms with Gasteiger partial charge in [-0.15, -0.1) is 0 Å². The predicted molar refractivity (Wildman–Crippen MR) is 72.8 cm³/mol. The van der Waals surface area contributed by atoms with E-state index in [1.54, 1.807) is 6.92 Å². The standard InChI is InChI=1S/C14H22N2O2/c1-11-6-5-7-13(10-11)18-12(2)14(17)15-8-9-16(3)4/h5-7,10,12H,8-9H2,1-4H3,(H,15,17)/t12-/m1/s1. The second-order valence-corrected chi connectivity index (χ2v) is 4.67. The number of rotatable bonds is 6. The number of aryl methyl sites for hydroxylation is 1. The normalized spacial score (nSPS) is 12.3. The zero-order chi connectivity index (χ0) is 13.5. The van der Waals surface area contributed by atoms with Gasteiger partial charge in [0.05, 0.1) is 0 Å². The fourth-order valence-corrected chi connectivity index (χ4v) is 1.49. The van der Waals surface area contributed by atoms with Crippen molar-refractivity contribution in [2.24, 2.45) is 0 Å². The summed E-state index contributed by atoms with van der Waals surface area (Å²) in [6.07, 6.45) is -0.478. The Morgan fingerprint density at radius 1 is 1.44 bits per heavy atom. The molecule has 0 aromatic heterocycles. The van der Waals surface area contributed by atoms with Gasteiger partial charge in [0.25, 0.3) is 5.91 Å². The van der Waals surface area contributed by atoms with Crippen LogP contribution in [0, 0.1) is 6.92 Å². The third-order valence-corrected chi connectivity index (χ3v) is 2.53. The van der Waals surface area contributed by atoms with Crippen molar-refractivity contribution in [3.05, 3.63) is 29.8 Å². The highest BCUT2D eigenvalue weighted by molar-refractivity contribution is 5.80. The van der Waals surface area contributed by atoms with Gasteiger partial charge < -0.3 is 15.0 Å². The zero-order valence-electron chi connectivity index (χ0n) is 11.6. The average molecular weight is 250 g/mol. The summed E-state index contributed by atoms with van der Waals surface area (Å²) < 4.78 is 5.59. The summed E-state index contributed by atoms with van der Waals surface area (Å²) in [5.74, 6) is 0.642. The summed E-state index contributed by atoms with van der Waals surface area (Å²) in [7, 11) is 3.94. The molecule has 0 saturated heterocycles. The first-order valence-corrected chi connectivity index (χ1v) is 6.15. The minimum atomic E-state index is -0.478. The summed E-state index contributed by atoms with van der Waals surface area (Å²) in [5.41, 5.74) is 1.12. The molecule has 1 N–H and O–H groups in total. The van der Waals surface area contributed by atoms with E-state index >= 15 is 0 Å². The molecule has 100 valence electrons. The van der Waals surface area contributed by atoms with Crippen molar-refractivity contribution in [3.63, 3.8) is 0 Å². The van der Waals surface area contributed by atoms with Gasteiger partial charge in [0.2, 0.25) is 0 Å². The van der Waals surface area contributed by atoms with Gasteiger partial charge in [0, 0.05) is 13.1 Å². The molecule has 0 unspecified atom stereocenters. The van der Waals surface area contributed by atoms with Crippen molar-refractivity contribution in [1.82, 2.24) is 10.2 Å².